The molecule has 0 unspecified atom stereocenters. The smallest absolute Gasteiger partial charge is 0.214 e. The minimum Gasteiger partial charge on any atom is -0.317 e. The summed E-state index contributed by atoms with van der Waals surface area (Å²) in [5.74, 6) is 0. The van der Waals surface area contributed by atoms with E-state index < -0.39 is 0 Å². The van der Waals surface area contributed by atoms with Crippen molar-refractivity contribution in [3.05, 3.63) is 11.4 Å². The van der Waals surface area contributed by atoms with Crippen LogP contribution in [0.15, 0.2) is 0 Å². The number of hydrogen-bond acceptors (Lipinski definition) is 0. The minimum atomic E-state index is 0.727. The maximum absolute atomic E-state index is 6.63. The summed E-state index contributed by atoms with van der Waals surface area (Å²) in [7, 11) is 0. The summed E-state index contributed by atoms with van der Waals surface area (Å²) in [6.45, 7) is 7.36. The highest BCUT2D eigenvalue weighted by Gasteiger charge is 1.92. The zero-order chi connectivity index (χ0) is 10.5. The number of unbranched alkanes of at least 4 members (excludes halogenated alkanes) is 8. The van der Waals surface area contributed by atoms with E-state index in [-0.39, 0.29) is 0 Å². The molecule has 0 rings (SSSR count). The van der Waals surface area contributed by atoms with Crippen molar-refractivity contribution in [2.75, 3.05) is 11.9 Å². The lowest BCUT2D eigenvalue weighted by Gasteiger charge is -1.99. The first kappa shape index (κ1) is 14.0. The van der Waals surface area contributed by atoms with Crippen LogP contribution >= 0.6 is 15.9 Å². The SMILES string of the molecule is [C-]#[N+]CCCCCCCCCCCBr. The third-order valence-electron chi connectivity index (χ3n) is 2.40. The molecule has 0 radical (unpaired) electrons. The maximum atomic E-state index is 6.63. The summed E-state index contributed by atoms with van der Waals surface area (Å²) in [6.07, 6.45) is 11.9. The van der Waals surface area contributed by atoms with Gasteiger partial charge in [0.1, 0.15) is 0 Å². The Bertz CT molecular complexity index is 140. The van der Waals surface area contributed by atoms with Gasteiger partial charge in [-0.05, 0) is 12.8 Å². The van der Waals surface area contributed by atoms with Gasteiger partial charge in [0.15, 0.2) is 0 Å². The van der Waals surface area contributed by atoms with Gasteiger partial charge in [-0.25, -0.2) is 6.57 Å². The highest BCUT2D eigenvalue weighted by atomic mass is 79.9. The second-order valence-corrected chi connectivity index (χ2v) is 4.55. The fourth-order valence-corrected chi connectivity index (χ4v) is 1.92. The van der Waals surface area contributed by atoms with Gasteiger partial charge in [-0.2, -0.15) is 0 Å². The average Bonchev–Trinajstić information content (AvgIpc) is 2.21. The van der Waals surface area contributed by atoms with Crippen LogP contribution in [0.2, 0.25) is 0 Å². The standard InChI is InChI=1S/C12H22BrN/c1-14-12-10-8-6-4-2-3-5-7-9-11-13/h2-12H2. The number of hydrogen-bond donors (Lipinski definition) is 0. The monoisotopic (exact) mass is 259 g/mol. The molecular weight excluding hydrogens is 238 g/mol. The Morgan fingerprint density at radius 3 is 1.57 bits per heavy atom. The van der Waals surface area contributed by atoms with Gasteiger partial charge >= 0.3 is 0 Å². The molecule has 0 fully saturated rings. The van der Waals surface area contributed by atoms with Crippen LogP contribution in [0.25, 0.3) is 4.85 Å². The molecule has 2 heteroatoms. The molecule has 0 bridgehead atoms. The molecule has 0 atom stereocenters. The molecule has 0 aliphatic carbocycles. The molecular formula is C12H22BrN. The van der Waals surface area contributed by atoms with Gasteiger partial charge in [0, 0.05) is 11.8 Å². The zero-order valence-electron chi connectivity index (χ0n) is 9.10. The normalized spacial score (nSPS) is 10.0. The third-order valence-corrected chi connectivity index (χ3v) is 2.96. The van der Waals surface area contributed by atoms with Gasteiger partial charge in [0.25, 0.3) is 0 Å². The third kappa shape index (κ3) is 12.0. The summed E-state index contributed by atoms with van der Waals surface area (Å²) in [5.41, 5.74) is 0. The molecule has 0 saturated heterocycles. The molecule has 0 aromatic rings. The van der Waals surface area contributed by atoms with Gasteiger partial charge in [-0.1, -0.05) is 54.5 Å². The average molecular weight is 260 g/mol. The van der Waals surface area contributed by atoms with E-state index in [1.54, 1.807) is 0 Å². The van der Waals surface area contributed by atoms with Crippen LogP contribution in [0.5, 0.6) is 0 Å². The van der Waals surface area contributed by atoms with Crippen LogP contribution < -0.4 is 0 Å². The second kappa shape index (κ2) is 13.0. The second-order valence-electron chi connectivity index (χ2n) is 3.75. The molecule has 0 spiro atoms. The topological polar surface area (TPSA) is 4.36 Å². The molecule has 0 aromatic heterocycles. The maximum Gasteiger partial charge on any atom is 0.214 e. The highest BCUT2D eigenvalue weighted by Crippen LogP contribution is 2.10. The Kier molecular flexibility index (Phi) is 12.9. The van der Waals surface area contributed by atoms with E-state index in [1.807, 2.05) is 0 Å². The number of halogens is 1. The molecule has 0 aromatic carbocycles. The van der Waals surface area contributed by atoms with Crippen molar-refractivity contribution in [1.29, 1.82) is 0 Å². The van der Waals surface area contributed by atoms with Crippen LogP contribution in [0.4, 0.5) is 0 Å². The molecule has 0 heterocycles. The Morgan fingerprint density at radius 2 is 1.14 bits per heavy atom. The number of alkyl halides is 1. The Hall–Kier alpha value is -0.0300. The summed E-state index contributed by atoms with van der Waals surface area (Å²) in [5, 5.41) is 1.16. The van der Waals surface area contributed by atoms with Gasteiger partial charge in [-0.3, -0.25) is 0 Å². The fourth-order valence-electron chi connectivity index (χ4n) is 1.52. The van der Waals surface area contributed by atoms with Crippen LogP contribution in [0, 0.1) is 6.57 Å². The lowest BCUT2D eigenvalue weighted by atomic mass is 10.1. The number of nitrogens with zero attached hydrogens (tertiary/aromatic N) is 1. The lowest BCUT2D eigenvalue weighted by Crippen LogP contribution is -1.83. The summed E-state index contributed by atoms with van der Waals surface area (Å²) >= 11 is 3.44. The van der Waals surface area contributed by atoms with E-state index in [4.69, 9.17) is 6.57 Å². The van der Waals surface area contributed by atoms with Gasteiger partial charge in [0.05, 0.1) is 0 Å². The lowest BCUT2D eigenvalue weighted by molar-refractivity contribution is 0.572. The van der Waals surface area contributed by atoms with E-state index in [0.717, 1.165) is 18.3 Å². The van der Waals surface area contributed by atoms with Gasteiger partial charge in [-0.15, -0.1) is 0 Å². The van der Waals surface area contributed by atoms with E-state index >= 15 is 0 Å². The highest BCUT2D eigenvalue weighted by molar-refractivity contribution is 9.09. The van der Waals surface area contributed by atoms with Gasteiger partial charge in [0.2, 0.25) is 6.54 Å². The molecule has 0 aliphatic rings. The minimum absolute atomic E-state index is 0.727. The number of rotatable bonds is 10. The quantitative estimate of drug-likeness (QED) is 0.301. The first-order valence-electron chi connectivity index (χ1n) is 5.81. The molecule has 0 saturated carbocycles. The van der Waals surface area contributed by atoms with Crippen molar-refractivity contribution < 1.29 is 0 Å². The Labute approximate surface area is 97.2 Å². The summed E-state index contributed by atoms with van der Waals surface area (Å²) < 4.78 is 0. The van der Waals surface area contributed by atoms with Crippen LogP contribution in [0.1, 0.15) is 57.8 Å². The summed E-state index contributed by atoms with van der Waals surface area (Å²) in [4.78, 5) is 3.35. The Balaban J connectivity index is 2.82. The first-order chi connectivity index (χ1) is 6.91. The van der Waals surface area contributed by atoms with Crippen molar-refractivity contribution in [2.24, 2.45) is 0 Å². The largest absolute Gasteiger partial charge is 0.317 e. The molecule has 0 N–H and O–H groups in total. The van der Waals surface area contributed by atoms with E-state index in [2.05, 4.69) is 20.8 Å². The first-order valence-corrected chi connectivity index (χ1v) is 6.93. The van der Waals surface area contributed by atoms with E-state index in [1.165, 1.54) is 51.4 Å². The fraction of sp³-hybridized carbons (Fsp3) is 0.917. The van der Waals surface area contributed by atoms with Crippen molar-refractivity contribution >= 4 is 15.9 Å². The zero-order valence-corrected chi connectivity index (χ0v) is 10.7. The van der Waals surface area contributed by atoms with Crippen molar-refractivity contribution in [3.63, 3.8) is 0 Å². The van der Waals surface area contributed by atoms with Crippen molar-refractivity contribution in [3.8, 4) is 0 Å². The predicted octanol–water partition coefficient (Wildman–Crippen LogP) is 4.81. The molecule has 14 heavy (non-hydrogen) atoms. The van der Waals surface area contributed by atoms with Crippen LogP contribution in [0.3, 0.4) is 0 Å². The molecule has 82 valence electrons. The summed E-state index contributed by atoms with van der Waals surface area (Å²) in [6, 6.07) is 0. The van der Waals surface area contributed by atoms with E-state index in [9.17, 15) is 0 Å². The van der Waals surface area contributed by atoms with Gasteiger partial charge < -0.3 is 4.85 Å². The van der Waals surface area contributed by atoms with E-state index in [0.29, 0.717) is 0 Å². The molecule has 0 amide bonds. The van der Waals surface area contributed by atoms with Crippen molar-refractivity contribution in [2.45, 2.75) is 57.8 Å². The van der Waals surface area contributed by atoms with Crippen molar-refractivity contribution in [1.82, 2.24) is 0 Å². The van der Waals surface area contributed by atoms with Crippen LogP contribution in [-0.4, -0.2) is 11.9 Å². The Morgan fingerprint density at radius 1 is 0.714 bits per heavy atom. The molecule has 1 nitrogen and oxygen atoms in total. The predicted molar refractivity (Wildman–Crippen MR) is 66.8 cm³/mol. The molecule has 0 aliphatic heterocycles. The van der Waals surface area contributed by atoms with Crippen LogP contribution in [-0.2, 0) is 0 Å².